The summed E-state index contributed by atoms with van der Waals surface area (Å²) in [6.07, 6.45) is 0. The van der Waals surface area contributed by atoms with Crippen molar-refractivity contribution >= 4 is 71.7 Å². The molecule has 0 aromatic rings. The van der Waals surface area contributed by atoms with Gasteiger partial charge in [0.25, 0.3) is 0 Å². The van der Waals surface area contributed by atoms with Crippen LogP contribution >= 0.6 is 0 Å². The summed E-state index contributed by atoms with van der Waals surface area (Å²) in [5.41, 5.74) is 0. The molecule has 8 heteroatoms. The average Bonchev–Trinajstić information content (AvgIpc) is 0. The van der Waals surface area contributed by atoms with Crippen molar-refractivity contribution in [1.29, 1.82) is 0 Å². The minimum absolute atomic E-state index is 0. The van der Waals surface area contributed by atoms with Crippen LogP contribution in [0.25, 0.3) is 0 Å². The summed E-state index contributed by atoms with van der Waals surface area (Å²) in [7, 11) is 0. The molecule has 0 saturated heterocycles. The first kappa shape index (κ1) is 99.0. The third-order valence-electron chi connectivity index (χ3n) is 0. The Morgan fingerprint density at radius 3 is 0.750 bits per heavy atom. The first-order chi connectivity index (χ1) is 0. The topological polar surface area (TPSA) is 126 Å². The van der Waals surface area contributed by atoms with Crippen LogP contribution in [-0.4, -0.2) is 93.6 Å². The van der Waals surface area contributed by atoms with Gasteiger partial charge in [-0.2, -0.15) is 0 Å². The molecule has 0 unspecified atom stereocenters. The van der Waals surface area contributed by atoms with Crippen LogP contribution in [0.1, 0.15) is 2.85 Å². The van der Waals surface area contributed by atoms with Crippen molar-refractivity contribution < 1.29 is 68.9 Å². The molecule has 0 aromatic carbocycles. The van der Waals surface area contributed by atoms with Crippen molar-refractivity contribution in [2.75, 3.05) is 0 Å². The number of hydrogen-bond donors (Lipinski definition) is 0. The molecule has 0 rings (SSSR count). The van der Waals surface area contributed by atoms with E-state index >= 15 is 0 Å². The zero-order valence-electron chi connectivity index (χ0n) is 6.36. The van der Waals surface area contributed by atoms with E-state index in [-0.39, 0.29) is 141 Å². The maximum absolute atomic E-state index is 0. The van der Waals surface area contributed by atoms with E-state index in [1.54, 1.807) is 0 Å². The Morgan fingerprint density at radius 2 is 0.750 bits per heavy atom. The molecule has 0 atom stereocenters. The van der Waals surface area contributed by atoms with Gasteiger partial charge in [0.2, 0.25) is 0 Å². The molecule has 0 aliphatic heterocycles. The Hall–Kier alpha value is 3.66. The fourth-order valence-electron chi connectivity index (χ4n) is 0. The number of hydrogen-bond acceptors (Lipinski definition) is 0. The second-order valence-corrected chi connectivity index (χ2v) is 0. The van der Waals surface area contributed by atoms with Crippen molar-refractivity contribution in [2.24, 2.45) is 0 Å². The zero-order chi connectivity index (χ0) is 0. The minimum Gasteiger partial charge on any atom is -1.00 e. The summed E-state index contributed by atoms with van der Waals surface area (Å²) in [6.45, 7) is 0. The van der Waals surface area contributed by atoms with Gasteiger partial charge in [-0.15, -0.1) is 0 Å². The molecule has 4 nitrogen and oxygen atoms in total. The van der Waals surface area contributed by atoms with Gasteiger partial charge in [0.1, 0.15) is 0 Å². The van der Waals surface area contributed by atoms with Crippen LogP contribution in [0, 0.1) is 0 Å². The van der Waals surface area contributed by atoms with E-state index in [1.165, 1.54) is 0 Å². The van der Waals surface area contributed by atoms with Gasteiger partial charge in [-0.3, -0.25) is 0 Å². The fraction of sp³-hybridized carbons (Fsp3) is 0. The van der Waals surface area contributed by atoms with Gasteiger partial charge in [0.15, 0.2) is 0 Å². The molecule has 0 bridgehead atoms. The van der Waals surface area contributed by atoms with E-state index < -0.39 is 0 Å². The average molecular weight is 603 g/mol. The van der Waals surface area contributed by atoms with Crippen LogP contribution in [0.5, 0.6) is 0 Å². The Kier molecular flexibility index (Phi) is 919. The molecule has 0 saturated carbocycles. The molecule has 0 heterocycles. The van der Waals surface area contributed by atoms with Gasteiger partial charge in [0, 0.05) is 44.1 Å². The summed E-state index contributed by atoms with van der Waals surface area (Å²) in [6, 6.07) is 0. The molecular formula is H13BiO4SrTaTi. The number of rotatable bonds is 0. The van der Waals surface area contributed by atoms with E-state index in [0.717, 1.165) is 0 Å². The molecule has 0 aromatic heterocycles. The first-order valence-corrected chi connectivity index (χ1v) is 0. The fourth-order valence-corrected chi connectivity index (χ4v) is 0. The molecule has 53 valence electrons. The van der Waals surface area contributed by atoms with Gasteiger partial charge in [-0.05, 0) is 0 Å². The summed E-state index contributed by atoms with van der Waals surface area (Å²) in [5.74, 6) is 0. The van der Waals surface area contributed by atoms with E-state index in [0.29, 0.717) is 0 Å². The van der Waals surface area contributed by atoms with Crippen molar-refractivity contribution in [2.45, 2.75) is 0 Å². The smallest absolute Gasteiger partial charge is 1.00 e. The van der Waals surface area contributed by atoms with Crippen molar-refractivity contribution in [1.82, 2.24) is 0 Å². The Bertz CT molecular complexity index is 23.2. The third kappa shape index (κ3) is 54.1. The Labute approximate surface area is 138 Å². The van der Waals surface area contributed by atoms with Crippen LogP contribution in [-0.2, 0) is 44.1 Å². The summed E-state index contributed by atoms with van der Waals surface area (Å²) in [5, 5.41) is 0. The normalized spacial score (nSPS) is 0. The van der Waals surface area contributed by atoms with E-state index in [2.05, 4.69) is 0 Å². The van der Waals surface area contributed by atoms with Gasteiger partial charge in [-0.25, -0.2) is 0 Å². The molecule has 0 aliphatic rings. The third-order valence-corrected chi connectivity index (χ3v) is 0. The molecule has 0 amide bonds. The first-order valence-electron chi connectivity index (χ1n) is 0. The Balaban J connectivity index is 0. The van der Waals surface area contributed by atoms with E-state index in [4.69, 9.17) is 0 Å². The summed E-state index contributed by atoms with van der Waals surface area (Å²) >= 11 is 0. The van der Waals surface area contributed by atoms with Gasteiger partial charge in [-0.1, -0.05) is 0 Å². The van der Waals surface area contributed by atoms with Gasteiger partial charge in [0.05, 0.1) is 0 Å². The van der Waals surface area contributed by atoms with Crippen LogP contribution in [0.15, 0.2) is 0 Å². The summed E-state index contributed by atoms with van der Waals surface area (Å²) < 4.78 is 0. The van der Waals surface area contributed by atoms with Crippen molar-refractivity contribution in [3.63, 3.8) is 0 Å². The van der Waals surface area contributed by atoms with Gasteiger partial charge < -0.3 is 24.8 Å². The molecule has 0 fully saturated rings. The van der Waals surface area contributed by atoms with Crippen molar-refractivity contribution in [3.05, 3.63) is 0 Å². The SMILES string of the molecule is O.O.O.O.[BiH3].[H-].[H-].[Sr+2].[Ta].[Ti]. The van der Waals surface area contributed by atoms with Crippen LogP contribution in [0.2, 0.25) is 0 Å². The molecule has 8 heavy (non-hydrogen) atoms. The standard InChI is InChI=1S/Bi.4H2O.Sr.Ta.Ti.5H/h;4*1H2;;;;;;;;/q;;;;;+2;;;;;;2*-1. The second kappa shape index (κ2) is 74.3. The monoisotopic (exact) mass is 603 g/mol. The van der Waals surface area contributed by atoms with E-state index in [1.807, 2.05) is 0 Å². The Morgan fingerprint density at radius 1 is 0.750 bits per heavy atom. The molecule has 0 spiro atoms. The maximum atomic E-state index is 0. The maximum Gasteiger partial charge on any atom is 2.00 e. The predicted molar refractivity (Wildman–Crippen MR) is 32.4 cm³/mol. The van der Waals surface area contributed by atoms with Gasteiger partial charge >= 0.3 is 71.7 Å². The largest absolute Gasteiger partial charge is 2.00 e. The van der Waals surface area contributed by atoms with Crippen LogP contribution < -0.4 is 0 Å². The van der Waals surface area contributed by atoms with Crippen LogP contribution in [0.3, 0.4) is 0 Å². The molecule has 1 radical (unpaired) electrons. The summed E-state index contributed by atoms with van der Waals surface area (Å²) in [4.78, 5) is 0. The molecular weight excluding hydrogens is 589 g/mol. The van der Waals surface area contributed by atoms with Crippen molar-refractivity contribution in [3.8, 4) is 0 Å². The van der Waals surface area contributed by atoms with Crippen LogP contribution in [0.4, 0.5) is 0 Å². The molecule has 8 N–H and O–H groups in total. The predicted octanol–water partition coefficient (Wildman–Crippen LogP) is -4.64. The second-order valence-electron chi connectivity index (χ2n) is 0. The zero-order valence-corrected chi connectivity index (χ0v) is 18.1. The van der Waals surface area contributed by atoms with E-state index in [9.17, 15) is 0 Å². The quantitative estimate of drug-likeness (QED) is 0.248. The molecule has 0 aliphatic carbocycles. The minimum atomic E-state index is 0.